The van der Waals surface area contributed by atoms with Crippen LogP contribution in [0, 0.1) is 5.82 Å². The average Bonchev–Trinajstić information content (AvgIpc) is 3.13. The fourth-order valence-electron chi connectivity index (χ4n) is 2.23. The Morgan fingerprint density at radius 2 is 1.96 bits per heavy atom. The number of furan rings is 1. The van der Waals surface area contributed by atoms with Gasteiger partial charge < -0.3 is 19.8 Å². The summed E-state index contributed by atoms with van der Waals surface area (Å²) in [5, 5.41) is 6.52. The fraction of sp³-hybridized carbons (Fsp3) is 0.421. The van der Waals surface area contributed by atoms with Crippen LogP contribution in [-0.2, 0) is 6.42 Å². The number of unbranched alkanes of at least 4 members (excludes halogenated alkanes) is 1. The van der Waals surface area contributed by atoms with Gasteiger partial charge in [0.15, 0.2) is 5.96 Å². The van der Waals surface area contributed by atoms with E-state index in [0.717, 1.165) is 50.6 Å². The van der Waals surface area contributed by atoms with Gasteiger partial charge in [-0.15, -0.1) is 24.0 Å². The average molecular weight is 475 g/mol. The number of hydrogen-bond acceptors (Lipinski definition) is 3. The summed E-state index contributed by atoms with van der Waals surface area (Å²) in [7, 11) is 0. The molecule has 2 aromatic rings. The SMILES string of the molecule is CCNC(=NCCCCOc1ccc(F)cc1)NCCc1ccco1.I. The first-order chi connectivity index (χ1) is 12.3. The van der Waals surface area contributed by atoms with E-state index in [-0.39, 0.29) is 29.8 Å². The molecule has 0 spiro atoms. The lowest BCUT2D eigenvalue weighted by Crippen LogP contribution is -2.38. The first-order valence-corrected chi connectivity index (χ1v) is 8.71. The summed E-state index contributed by atoms with van der Waals surface area (Å²) < 4.78 is 23.7. The van der Waals surface area contributed by atoms with E-state index in [9.17, 15) is 4.39 Å². The molecule has 144 valence electrons. The van der Waals surface area contributed by atoms with Crippen LogP contribution in [0.4, 0.5) is 4.39 Å². The van der Waals surface area contributed by atoms with Gasteiger partial charge in [0.1, 0.15) is 17.3 Å². The quantitative estimate of drug-likeness (QED) is 0.236. The fourth-order valence-corrected chi connectivity index (χ4v) is 2.23. The molecule has 5 nitrogen and oxygen atoms in total. The van der Waals surface area contributed by atoms with Gasteiger partial charge in [0.05, 0.1) is 12.9 Å². The van der Waals surface area contributed by atoms with Crippen molar-refractivity contribution < 1.29 is 13.5 Å². The number of guanidine groups is 1. The van der Waals surface area contributed by atoms with Gasteiger partial charge in [0, 0.05) is 26.1 Å². The Balaban J connectivity index is 0.00000338. The Bertz CT molecular complexity index is 618. The Kier molecular flexibility index (Phi) is 11.5. The van der Waals surface area contributed by atoms with E-state index < -0.39 is 0 Å². The standard InChI is InChI=1S/C19H26FN3O2.HI/c1-2-21-19(23-13-11-17-6-5-15-25-17)22-12-3-4-14-24-18-9-7-16(20)8-10-18;/h5-10,15H,2-4,11-14H2,1H3,(H2,21,22,23);1H. The number of benzene rings is 1. The van der Waals surface area contributed by atoms with Gasteiger partial charge >= 0.3 is 0 Å². The molecular weight excluding hydrogens is 448 g/mol. The molecule has 0 amide bonds. The molecule has 0 aliphatic heterocycles. The Labute approximate surface area is 171 Å². The van der Waals surface area contributed by atoms with Crippen LogP contribution < -0.4 is 15.4 Å². The first kappa shape index (κ1) is 22.3. The van der Waals surface area contributed by atoms with Crippen LogP contribution in [0.2, 0.25) is 0 Å². The highest BCUT2D eigenvalue weighted by molar-refractivity contribution is 14.0. The van der Waals surface area contributed by atoms with Crippen molar-refractivity contribution in [2.24, 2.45) is 4.99 Å². The molecule has 1 heterocycles. The zero-order valence-electron chi connectivity index (χ0n) is 15.0. The molecule has 0 unspecified atom stereocenters. The van der Waals surface area contributed by atoms with Crippen molar-refractivity contribution >= 4 is 29.9 Å². The van der Waals surface area contributed by atoms with E-state index in [4.69, 9.17) is 9.15 Å². The van der Waals surface area contributed by atoms with Crippen LogP contribution in [0.5, 0.6) is 5.75 Å². The van der Waals surface area contributed by atoms with Crippen molar-refractivity contribution in [2.45, 2.75) is 26.2 Å². The van der Waals surface area contributed by atoms with Crippen molar-refractivity contribution in [3.05, 3.63) is 54.2 Å². The van der Waals surface area contributed by atoms with Crippen molar-refractivity contribution in [2.75, 3.05) is 26.2 Å². The third-order valence-electron chi connectivity index (χ3n) is 3.49. The molecule has 1 aromatic heterocycles. The van der Waals surface area contributed by atoms with Gasteiger partial charge in [0.2, 0.25) is 0 Å². The highest BCUT2D eigenvalue weighted by atomic mass is 127. The Morgan fingerprint density at radius 3 is 2.65 bits per heavy atom. The zero-order valence-corrected chi connectivity index (χ0v) is 17.4. The van der Waals surface area contributed by atoms with Crippen LogP contribution in [0.3, 0.4) is 0 Å². The van der Waals surface area contributed by atoms with Gasteiger partial charge in [-0.2, -0.15) is 0 Å². The molecule has 0 bridgehead atoms. The molecule has 2 rings (SSSR count). The number of halogens is 2. The number of rotatable bonds is 10. The second kappa shape index (κ2) is 13.4. The third kappa shape index (κ3) is 9.07. The molecule has 0 saturated carbocycles. The predicted molar refractivity (Wildman–Crippen MR) is 113 cm³/mol. The van der Waals surface area contributed by atoms with Crippen LogP contribution in [0.25, 0.3) is 0 Å². The van der Waals surface area contributed by atoms with E-state index in [1.807, 2.05) is 19.1 Å². The summed E-state index contributed by atoms with van der Waals surface area (Å²) >= 11 is 0. The monoisotopic (exact) mass is 475 g/mol. The van der Waals surface area contributed by atoms with Crippen LogP contribution in [0.15, 0.2) is 52.1 Å². The Hall–Kier alpha value is -1.77. The molecule has 2 N–H and O–H groups in total. The number of nitrogens with zero attached hydrogens (tertiary/aromatic N) is 1. The topological polar surface area (TPSA) is 58.8 Å². The van der Waals surface area contributed by atoms with E-state index in [1.165, 1.54) is 12.1 Å². The summed E-state index contributed by atoms with van der Waals surface area (Å²) in [6.45, 7) is 4.96. The molecule has 26 heavy (non-hydrogen) atoms. The maximum Gasteiger partial charge on any atom is 0.191 e. The maximum absolute atomic E-state index is 12.8. The van der Waals surface area contributed by atoms with Crippen molar-refractivity contribution in [1.29, 1.82) is 0 Å². The molecule has 0 saturated heterocycles. The summed E-state index contributed by atoms with van der Waals surface area (Å²) in [5.74, 6) is 2.21. The first-order valence-electron chi connectivity index (χ1n) is 8.71. The Morgan fingerprint density at radius 1 is 1.15 bits per heavy atom. The highest BCUT2D eigenvalue weighted by Crippen LogP contribution is 2.11. The molecule has 0 atom stereocenters. The minimum absolute atomic E-state index is 0. The van der Waals surface area contributed by atoms with E-state index >= 15 is 0 Å². The normalized spacial score (nSPS) is 10.9. The van der Waals surface area contributed by atoms with E-state index in [0.29, 0.717) is 12.4 Å². The van der Waals surface area contributed by atoms with Gasteiger partial charge in [-0.25, -0.2) is 4.39 Å². The van der Waals surface area contributed by atoms with Gasteiger partial charge in [0.25, 0.3) is 0 Å². The largest absolute Gasteiger partial charge is 0.494 e. The van der Waals surface area contributed by atoms with E-state index in [1.54, 1.807) is 18.4 Å². The molecular formula is C19H27FIN3O2. The van der Waals surface area contributed by atoms with Crippen LogP contribution in [-0.4, -0.2) is 32.2 Å². The molecule has 0 fully saturated rings. The number of hydrogen-bond donors (Lipinski definition) is 2. The van der Waals surface area contributed by atoms with Gasteiger partial charge in [-0.05, 0) is 56.2 Å². The maximum atomic E-state index is 12.8. The molecule has 0 aliphatic rings. The minimum atomic E-state index is -0.253. The molecule has 0 radical (unpaired) electrons. The molecule has 0 aliphatic carbocycles. The number of nitrogens with one attached hydrogen (secondary N) is 2. The summed E-state index contributed by atoms with van der Waals surface area (Å²) in [4.78, 5) is 4.55. The third-order valence-corrected chi connectivity index (χ3v) is 3.49. The second-order valence-corrected chi connectivity index (χ2v) is 5.53. The lowest BCUT2D eigenvalue weighted by atomic mass is 10.3. The number of ether oxygens (including phenoxy) is 1. The van der Waals surface area contributed by atoms with Gasteiger partial charge in [-0.3, -0.25) is 4.99 Å². The predicted octanol–water partition coefficient (Wildman–Crippen LogP) is 3.99. The summed E-state index contributed by atoms with van der Waals surface area (Å²) in [5.41, 5.74) is 0. The minimum Gasteiger partial charge on any atom is -0.494 e. The number of aliphatic imine (C=N–C) groups is 1. The van der Waals surface area contributed by atoms with E-state index in [2.05, 4.69) is 15.6 Å². The van der Waals surface area contributed by atoms with Crippen molar-refractivity contribution in [3.63, 3.8) is 0 Å². The second-order valence-electron chi connectivity index (χ2n) is 5.53. The smallest absolute Gasteiger partial charge is 0.191 e. The van der Waals surface area contributed by atoms with Gasteiger partial charge in [-0.1, -0.05) is 0 Å². The lowest BCUT2D eigenvalue weighted by Gasteiger charge is -2.10. The van der Waals surface area contributed by atoms with Crippen LogP contribution in [0.1, 0.15) is 25.5 Å². The zero-order chi connectivity index (χ0) is 17.7. The van der Waals surface area contributed by atoms with Crippen molar-refractivity contribution in [1.82, 2.24) is 10.6 Å². The summed E-state index contributed by atoms with van der Waals surface area (Å²) in [6, 6.07) is 9.93. The van der Waals surface area contributed by atoms with Crippen molar-refractivity contribution in [3.8, 4) is 5.75 Å². The lowest BCUT2D eigenvalue weighted by molar-refractivity contribution is 0.307. The molecule has 7 heteroatoms. The highest BCUT2D eigenvalue weighted by Gasteiger charge is 1.99. The van der Waals surface area contributed by atoms with Crippen LogP contribution >= 0.6 is 24.0 Å². The summed E-state index contributed by atoms with van der Waals surface area (Å²) in [6.07, 6.45) is 4.33. The molecule has 1 aromatic carbocycles.